The van der Waals surface area contributed by atoms with Crippen LogP contribution in [-0.2, 0) is 11.2 Å². The summed E-state index contributed by atoms with van der Waals surface area (Å²) in [4.78, 5) is 19.3. The Kier molecular flexibility index (Phi) is 5.52. The van der Waals surface area contributed by atoms with Crippen LogP contribution < -0.4 is 0 Å². The van der Waals surface area contributed by atoms with Gasteiger partial charge < -0.3 is 0 Å². The zero-order chi connectivity index (χ0) is 18.7. The van der Waals surface area contributed by atoms with E-state index in [0.29, 0.717) is 13.1 Å². The summed E-state index contributed by atoms with van der Waals surface area (Å²) in [6.07, 6.45) is 0. The minimum absolute atomic E-state index is 0.0399. The summed E-state index contributed by atoms with van der Waals surface area (Å²) in [6.45, 7) is 9.96. The molecule has 0 spiro atoms. The Morgan fingerprint density at radius 1 is 1.08 bits per heavy atom. The highest BCUT2D eigenvalue weighted by molar-refractivity contribution is 8.13. The van der Waals surface area contributed by atoms with Gasteiger partial charge in [-0.1, -0.05) is 74.5 Å². The van der Waals surface area contributed by atoms with E-state index in [9.17, 15) is 4.79 Å². The maximum atomic E-state index is 12.9. The molecular formula is C22H26N2OS. The fourth-order valence-corrected chi connectivity index (χ4v) is 3.84. The summed E-state index contributed by atoms with van der Waals surface area (Å²) in [7, 11) is 0. The highest BCUT2D eigenvalue weighted by Crippen LogP contribution is 2.24. The molecule has 0 aromatic heterocycles. The van der Waals surface area contributed by atoms with Crippen LogP contribution >= 0.6 is 11.8 Å². The van der Waals surface area contributed by atoms with Gasteiger partial charge in [-0.3, -0.25) is 14.7 Å². The molecule has 1 aliphatic heterocycles. The first kappa shape index (κ1) is 18.7. The smallest absolute Gasteiger partial charge is 0.259 e. The molecule has 26 heavy (non-hydrogen) atoms. The second kappa shape index (κ2) is 7.67. The van der Waals surface area contributed by atoms with E-state index in [0.717, 1.165) is 16.5 Å². The van der Waals surface area contributed by atoms with E-state index in [-0.39, 0.29) is 11.3 Å². The molecule has 136 valence electrons. The molecule has 0 radical (unpaired) electrons. The van der Waals surface area contributed by atoms with Crippen molar-refractivity contribution < 1.29 is 4.79 Å². The molecular weight excluding hydrogens is 340 g/mol. The Morgan fingerprint density at radius 2 is 1.73 bits per heavy atom. The van der Waals surface area contributed by atoms with Gasteiger partial charge in [0.2, 0.25) is 0 Å². The minimum atomic E-state index is 0.0399. The predicted molar refractivity (Wildman–Crippen MR) is 111 cm³/mol. The largest absolute Gasteiger partial charge is 0.286 e. The quantitative estimate of drug-likeness (QED) is 0.762. The van der Waals surface area contributed by atoms with E-state index in [1.807, 2.05) is 17.0 Å². The highest BCUT2D eigenvalue weighted by atomic mass is 32.2. The van der Waals surface area contributed by atoms with Gasteiger partial charge in [0.25, 0.3) is 5.91 Å². The zero-order valence-electron chi connectivity index (χ0n) is 16.0. The summed E-state index contributed by atoms with van der Waals surface area (Å²) in [5.41, 5.74) is 4.55. The minimum Gasteiger partial charge on any atom is -0.286 e. The van der Waals surface area contributed by atoms with E-state index in [2.05, 4.69) is 69.1 Å². The average molecular weight is 367 g/mol. The van der Waals surface area contributed by atoms with E-state index >= 15 is 0 Å². The van der Waals surface area contributed by atoms with Gasteiger partial charge in [0.15, 0.2) is 5.17 Å². The Labute approximate surface area is 160 Å². The number of benzene rings is 2. The molecule has 0 saturated heterocycles. The normalized spacial score (nSPS) is 14.5. The number of hydrogen-bond acceptors (Lipinski definition) is 3. The molecule has 0 aliphatic carbocycles. The SMILES string of the molecule is Cc1ccc(CSC2=NCCN2C(=O)c2ccc(C(C)(C)C)cc2)cc1. The molecule has 3 nitrogen and oxygen atoms in total. The van der Waals surface area contributed by atoms with Crippen molar-refractivity contribution in [2.75, 3.05) is 13.1 Å². The number of nitrogens with zero attached hydrogens (tertiary/aromatic N) is 2. The number of carbonyl (C=O) groups is 1. The maximum absolute atomic E-state index is 12.9. The third kappa shape index (κ3) is 4.36. The van der Waals surface area contributed by atoms with Gasteiger partial charge in [0.05, 0.1) is 6.54 Å². The van der Waals surface area contributed by atoms with Crippen LogP contribution in [0, 0.1) is 6.92 Å². The number of thioether (sulfide) groups is 1. The molecule has 1 aliphatic rings. The first-order valence-electron chi connectivity index (χ1n) is 9.00. The fourth-order valence-electron chi connectivity index (χ4n) is 2.84. The Morgan fingerprint density at radius 3 is 2.35 bits per heavy atom. The average Bonchev–Trinajstić information content (AvgIpc) is 3.08. The van der Waals surface area contributed by atoms with E-state index in [4.69, 9.17) is 0 Å². The van der Waals surface area contributed by atoms with E-state index in [1.165, 1.54) is 16.7 Å². The van der Waals surface area contributed by atoms with Gasteiger partial charge in [-0.15, -0.1) is 0 Å². The lowest BCUT2D eigenvalue weighted by atomic mass is 9.86. The number of amides is 1. The number of carbonyl (C=O) groups excluding carboxylic acids is 1. The van der Waals surface area contributed by atoms with Gasteiger partial charge >= 0.3 is 0 Å². The molecule has 2 aromatic carbocycles. The fraction of sp³-hybridized carbons (Fsp3) is 0.364. The van der Waals surface area contributed by atoms with Gasteiger partial charge in [0, 0.05) is 17.9 Å². The second-order valence-corrected chi connectivity index (χ2v) is 8.67. The summed E-state index contributed by atoms with van der Waals surface area (Å²) < 4.78 is 0. The van der Waals surface area contributed by atoms with Crippen LogP contribution in [-0.4, -0.2) is 29.1 Å². The van der Waals surface area contributed by atoms with Gasteiger partial charge in [-0.2, -0.15) is 0 Å². The molecule has 2 aromatic rings. The lowest BCUT2D eigenvalue weighted by Gasteiger charge is -2.21. The van der Waals surface area contributed by atoms with Crippen molar-refractivity contribution in [2.24, 2.45) is 4.99 Å². The number of aliphatic imine (C=N–C) groups is 1. The summed E-state index contributed by atoms with van der Waals surface area (Å²) in [5, 5.41) is 0.829. The first-order valence-corrected chi connectivity index (χ1v) is 9.98. The maximum Gasteiger partial charge on any atom is 0.259 e. The lowest BCUT2D eigenvalue weighted by molar-refractivity contribution is 0.0860. The molecule has 1 amide bonds. The van der Waals surface area contributed by atoms with Crippen LogP contribution in [0.1, 0.15) is 47.8 Å². The molecule has 3 rings (SSSR count). The standard InChI is InChI=1S/C22H26N2OS/c1-16-5-7-17(8-6-16)15-26-21-23-13-14-24(21)20(25)18-9-11-19(12-10-18)22(2,3)4/h5-12H,13-15H2,1-4H3. The number of aryl methyl sites for hydroxylation is 1. The number of hydrogen-bond donors (Lipinski definition) is 0. The van der Waals surface area contributed by atoms with Crippen molar-refractivity contribution >= 4 is 22.8 Å². The Bertz CT molecular complexity index is 802. The topological polar surface area (TPSA) is 32.7 Å². The highest BCUT2D eigenvalue weighted by Gasteiger charge is 2.25. The van der Waals surface area contributed by atoms with Crippen LogP contribution in [0.15, 0.2) is 53.5 Å². The van der Waals surface area contributed by atoms with Crippen LogP contribution in [0.3, 0.4) is 0 Å². The van der Waals surface area contributed by atoms with Gasteiger partial charge in [0.1, 0.15) is 0 Å². The van der Waals surface area contributed by atoms with Crippen molar-refractivity contribution in [1.29, 1.82) is 0 Å². The van der Waals surface area contributed by atoms with Crippen LogP contribution in [0.2, 0.25) is 0 Å². The molecule has 0 fully saturated rings. The first-order chi connectivity index (χ1) is 12.3. The third-order valence-corrected chi connectivity index (χ3v) is 5.62. The number of amidine groups is 1. The van der Waals surface area contributed by atoms with Crippen molar-refractivity contribution in [3.63, 3.8) is 0 Å². The van der Waals surface area contributed by atoms with Crippen LogP contribution in [0.4, 0.5) is 0 Å². The summed E-state index contributed by atoms with van der Waals surface area (Å²) >= 11 is 1.64. The van der Waals surface area contributed by atoms with E-state index < -0.39 is 0 Å². The Hall–Kier alpha value is -2.07. The van der Waals surface area contributed by atoms with Crippen molar-refractivity contribution in [3.05, 3.63) is 70.8 Å². The van der Waals surface area contributed by atoms with Crippen LogP contribution in [0.25, 0.3) is 0 Å². The monoisotopic (exact) mass is 366 g/mol. The van der Waals surface area contributed by atoms with Crippen molar-refractivity contribution in [1.82, 2.24) is 4.90 Å². The molecule has 0 atom stereocenters. The zero-order valence-corrected chi connectivity index (χ0v) is 16.8. The second-order valence-electron chi connectivity index (χ2n) is 7.72. The van der Waals surface area contributed by atoms with E-state index in [1.54, 1.807) is 11.8 Å². The van der Waals surface area contributed by atoms with Crippen LogP contribution in [0.5, 0.6) is 0 Å². The van der Waals surface area contributed by atoms with Crippen molar-refractivity contribution in [2.45, 2.75) is 38.9 Å². The summed E-state index contributed by atoms with van der Waals surface area (Å²) in [6, 6.07) is 16.5. The number of rotatable bonds is 3. The molecule has 4 heteroatoms. The molecule has 0 saturated carbocycles. The van der Waals surface area contributed by atoms with Gasteiger partial charge in [-0.25, -0.2) is 0 Å². The molecule has 0 bridgehead atoms. The Balaban J connectivity index is 1.67. The van der Waals surface area contributed by atoms with Gasteiger partial charge in [-0.05, 0) is 35.6 Å². The molecule has 0 unspecified atom stereocenters. The third-order valence-electron chi connectivity index (χ3n) is 4.53. The lowest BCUT2D eigenvalue weighted by Crippen LogP contribution is -2.32. The summed E-state index contributed by atoms with van der Waals surface area (Å²) in [5.74, 6) is 0.865. The predicted octanol–water partition coefficient (Wildman–Crippen LogP) is 5.04. The van der Waals surface area contributed by atoms with Crippen molar-refractivity contribution in [3.8, 4) is 0 Å². The molecule has 1 heterocycles. The molecule has 0 N–H and O–H groups in total.